The van der Waals surface area contributed by atoms with E-state index in [4.69, 9.17) is 0 Å². The van der Waals surface area contributed by atoms with Gasteiger partial charge in [-0.3, -0.25) is 0 Å². The van der Waals surface area contributed by atoms with E-state index in [0.29, 0.717) is 5.82 Å². The molecule has 2 heterocycles. The number of nitrogens with one attached hydrogen (secondary N) is 1. The number of H-pyrrole nitrogens is 1. The van der Waals surface area contributed by atoms with Crippen molar-refractivity contribution in [2.45, 2.75) is 44.8 Å². The van der Waals surface area contributed by atoms with E-state index in [1.807, 2.05) is 29.8 Å². The number of nitrogens with zero attached hydrogens (tertiary/aromatic N) is 5. The zero-order valence-corrected chi connectivity index (χ0v) is 12.4. The minimum atomic E-state index is -0.370. The van der Waals surface area contributed by atoms with Gasteiger partial charge in [0.25, 0.3) is 0 Å². The Morgan fingerprint density at radius 3 is 2.95 bits per heavy atom. The summed E-state index contributed by atoms with van der Waals surface area (Å²) in [5.74, 6) is 1.45. The second kappa shape index (κ2) is 5.17. The topological polar surface area (TPSA) is 92.5 Å². The van der Waals surface area contributed by atoms with Gasteiger partial charge in [0.2, 0.25) is 0 Å². The summed E-state index contributed by atoms with van der Waals surface area (Å²) in [5.41, 5.74) is 2.47. The highest BCUT2D eigenvalue weighted by Gasteiger charge is 2.29. The van der Waals surface area contributed by atoms with Gasteiger partial charge in [0, 0.05) is 5.56 Å². The van der Waals surface area contributed by atoms with Crippen LogP contribution in [0.4, 0.5) is 0 Å². The number of aromatic nitrogens is 6. The van der Waals surface area contributed by atoms with Gasteiger partial charge in [-0.25, -0.2) is 9.67 Å². The highest BCUT2D eigenvalue weighted by molar-refractivity contribution is 5.89. The fourth-order valence-corrected chi connectivity index (χ4v) is 3.27. The first-order chi connectivity index (χ1) is 10.7. The molecule has 114 valence electrons. The number of aliphatic hydroxyl groups excluding tert-OH is 1. The molecular formula is C15H18N6O. The van der Waals surface area contributed by atoms with E-state index in [9.17, 15) is 5.11 Å². The van der Waals surface area contributed by atoms with Gasteiger partial charge in [0.15, 0.2) is 5.82 Å². The number of aliphatic hydroxyl groups is 1. The monoisotopic (exact) mass is 298 g/mol. The van der Waals surface area contributed by atoms with Gasteiger partial charge in [0.05, 0.1) is 12.1 Å². The van der Waals surface area contributed by atoms with E-state index in [1.54, 1.807) is 0 Å². The molecule has 22 heavy (non-hydrogen) atoms. The lowest BCUT2D eigenvalue weighted by Gasteiger charge is -2.28. The molecule has 2 aromatic heterocycles. The van der Waals surface area contributed by atoms with Crippen LogP contribution >= 0.6 is 0 Å². The zero-order valence-electron chi connectivity index (χ0n) is 12.4. The Morgan fingerprint density at radius 2 is 2.09 bits per heavy atom. The Morgan fingerprint density at radius 1 is 1.23 bits per heavy atom. The lowest BCUT2D eigenvalue weighted by molar-refractivity contribution is 0.0701. The van der Waals surface area contributed by atoms with E-state index in [2.05, 4.69) is 25.5 Å². The van der Waals surface area contributed by atoms with Crippen LogP contribution in [-0.2, 0) is 0 Å². The number of aromatic amines is 1. The molecular weight excluding hydrogens is 280 g/mol. The van der Waals surface area contributed by atoms with Gasteiger partial charge < -0.3 is 5.11 Å². The number of fused-ring (bicyclic) bond motifs is 1. The third kappa shape index (κ3) is 2.09. The maximum absolute atomic E-state index is 10.4. The van der Waals surface area contributed by atoms with Gasteiger partial charge in [-0.2, -0.15) is 20.5 Å². The number of benzene rings is 1. The number of para-hydroxylation sites is 1. The molecule has 1 fully saturated rings. The number of aryl methyl sites for hydroxylation is 1. The molecule has 0 saturated heterocycles. The molecule has 1 aliphatic rings. The lowest BCUT2D eigenvalue weighted by atomic mass is 9.92. The Kier molecular flexibility index (Phi) is 3.15. The average molecular weight is 298 g/mol. The van der Waals surface area contributed by atoms with Gasteiger partial charge in [-0.05, 0) is 31.9 Å². The molecule has 0 aliphatic heterocycles. The Balaban J connectivity index is 1.87. The normalized spacial score (nSPS) is 22.3. The fourth-order valence-electron chi connectivity index (χ4n) is 3.27. The number of hydrogen-bond donors (Lipinski definition) is 2. The Labute approximate surface area is 127 Å². The largest absolute Gasteiger partial charge is 0.391 e. The predicted octanol–water partition coefficient (Wildman–Crippen LogP) is 2.00. The summed E-state index contributed by atoms with van der Waals surface area (Å²) < 4.78 is 1.88. The van der Waals surface area contributed by atoms with Crippen LogP contribution in [0.25, 0.3) is 22.4 Å². The molecule has 1 saturated carbocycles. The summed E-state index contributed by atoms with van der Waals surface area (Å²) in [4.78, 5) is 4.58. The van der Waals surface area contributed by atoms with Crippen molar-refractivity contribution in [1.82, 2.24) is 30.2 Å². The maximum atomic E-state index is 10.4. The van der Waals surface area contributed by atoms with Crippen LogP contribution in [0.15, 0.2) is 18.2 Å². The van der Waals surface area contributed by atoms with Crippen LogP contribution in [0.3, 0.4) is 0 Å². The molecule has 0 amide bonds. The SMILES string of the molecule is Cc1nc(-c2cccc3n[nH]nc23)n([C@@H]2CCCC[C@H]2O)n1. The third-order valence-electron chi connectivity index (χ3n) is 4.33. The number of rotatable bonds is 2. The molecule has 0 spiro atoms. The second-order valence-electron chi connectivity index (χ2n) is 5.84. The van der Waals surface area contributed by atoms with Crippen molar-refractivity contribution in [3.05, 3.63) is 24.0 Å². The molecule has 0 radical (unpaired) electrons. The summed E-state index contributed by atoms with van der Waals surface area (Å²) in [5, 5.41) is 25.9. The first kappa shape index (κ1) is 13.4. The summed E-state index contributed by atoms with van der Waals surface area (Å²) in [6.45, 7) is 1.87. The Hall–Kier alpha value is -2.28. The van der Waals surface area contributed by atoms with Crippen LogP contribution in [0, 0.1) is 6.92 Å². The van der Waals surface area contributed by atoms with Crippen molar-refractivity contribution in [1.29, 1.82) is 0 Å². The molecule has 3 aromatic rings. The summed E-state index contributed by atoms with van der Waals surface area (Å²) in [6.07, 6.45) is 3.54. The van der Waals surface area contributed by atoms with E-state index in [-0.39, 0.29) is 12.1 Å². The fraction of sp³-hybridized carbons (Fsp3) is 0.467. The van der Waals surface area contributed by atoms with Gasteiger partial charge >= 0.3 is 0 Å². The minimum absolute atomic E-state index is 0.0212. The van der Waals surface area contributed by atoms with E-state index < -0.39 is 0 Å². The molecule has 1 aromatic carbocycles. The van der Waals surface area contributed by atoms with E-state index >= 15 is 0 Å². The standard InChI is InChI=1S/C15H18N6O/c1-9-16-15(10-5-4-6-11-14(10)18-20-17-11)21(19-9)12-7-2-3-8-13(12)22/h4-6,12-13,22H,2-3,7-8H2,1H3,(H,17,18,20)/t12-,13-/m1/s1. The van der Waals surface area contributed by atoms with Gasteiger partial charge in [-0.15, -0.1) is 0 Å². The second-order valence-corrected chi connectivity index (χ2v) is 5.84. The van der Waals surface area contributed by atoms with Crippen LogP contribution in [-0.4, -0.2) is 41.4 Å². The molecule has 2 atom stereocenters. The van der Waals surface area contributed by atoms with Crippen molar-refractivity contribution < 1.29 is 5.11 Å². The van der Waals surface area contributed by atoms with Crippen molar-refractivity contribution in [3.8, 4) is 11.4 Å². The van der Waals surface area contributed by atoms with Crippen LogP contribution in [0.2, 0.25) is 0 Å². The van der Waals surface area contributed by atoms with E-state index in [0.717, 1.165) is 48.1 Å². The van der Waals surface area contributed by atoms with Crippen molar-refractivity contribution in [2.75, 3.05) is 0 Å². The minimum Gasteiger partial charge on any atom is -0.391 e. The van der Waals surface area contributed by atoms with Gasteiger partial charge in [0.1, 0.15) is 16.9 Å². The Bertz CT molecular complexity index is 807. The molecule has 0 bridgehead atoms. The van der Waals surface area contributed by atoms with Crippen LogP contribution in [0.5, 0.6) is 0 Å². The van der Waals surface area contributed by atoms with Crippen molar-refractivity contribution in [2.24, 2.45) is 0 Å². The van der Waals surface area contributed by atoms with Gasteiger partial charge in [-0.1, -0.05) is 18.9 Å². The predicted molar refractivity (Wildman–Crippen MR) is 81.2 cm³/mol. The highest BCUT2D eigenvalue weighted by Crippen LogP contribution is 2.33. The first-order valence-corrected chi connectivity index (χ1v) is 7.65. The smallest absolute Gasteiger partial charge is 0.161 e. The third-order valence-corrected chi connectivity index (χ3v) is 4.33. The van der Waals surface area contributed by atoms with Crippen molar-refractivity contribution >= 4 is 11.0 Å². The summed E-state index contributed by atoms with van der Waals surface area (Å²) in [7, 11) is 0. The molecule has 1 aliphatic carbocycles. The van der Waals surface area contributed by atoms with Crippen molar-refractivity contribution in [3.63, 3.8) is 0 Å². The van der Waals surface area contributed by atoms with Crippen LogP contribution in [0.1, 0.15) is 37.5 Å². The highest BCUT2D eigenvalue weighted by atomic mass is 16.3. The average Bonchev–Trinajstić information content (AvgIpc) is 3.13. The van der Waals surface area contributed by atoms with Crippen LogP contribution < -0.4 is 0 Å². The molecule has 2 N–H and O–H groups in total. The quantitative estimate of drug-likeness (QED) is 0.755. The lowest BCUT2D eigenvalue weighted by Crippen LogP contribution is -2.29. The molecule has 4 rings (SSSR count). The summed E-state index contributed by atoms with van der Waals surface area (Å²) >= 11 is 0. The number of hydrogen-bond acceptors (Lipinski definition) is 5. The van der Waals surface area contributed by atoms with E-state index in [1.165, 1.54) is 0 Å². The molecule has 0 unspecified atom stereocenters. The molecule has 7 heteroatoms. The zero-order chi connectivity index (χ0) is 15.1. The maximum Gasteiger partial charge on any atom is 0.161 e. The molecule has 7 nitrogen and oxygen atoms in total. The first-order valence-electron chi connectivity index (χ1n) is 7.65. The summed E-state index contributed by atoms with van der Waals surface area (Å²) in [6, 6.07) is 5.80.